The number of amides is 1. The molecule has 30 heavy (non-hydrogen) atoms. The molecule has 1 aromatic heterocycles. The van der Waals surface area contributed by atoms with Gasteiger partial charge in [0.1, 0.15) is 23.1 Å². The maximum Gasteiger partial charge on any atom is 0.346 e. The van der Waals surface area contributed by atoms with Crippen LogP contribution in [-0.2, 0) is 4.79 Å². The van der Waals surface area contributed by atoms with Crippen molar-refractivity contribution in [3.63, 3.8) is 0 Å². The molecule has 1 atom stereocenters. The Morgan fingerprint density at radius 2 is 1.93 bits per heavy atom. The molecule has 2 aromatic carbocycles. The summed E-state index contributed by atoms with van der Waals surface area (Å²) < 4.78 is 18.9. The van der Waals surface area contributed by atoms with Crippen LogP contribution in [0.5, 0.6) is 5.75 Å². The van der Waals surface area contributed by atoms with Gasteiger partial charge in [-0.25, -0.2) is 9.18 Å². The van der Waals surface area contributed by atoms with Crippen LogP contribution in [0.25, 0.3) is 11.1 Å². The third-order valence-electron chi connectivity index (χ3n) is 4.88. The Balaban J connectivity index is 1.80. The van der Waals surface area contributed by atoms with Crippen molar-refractivity contribution in [1.29, 1.82) is 0 Å². The molecule has 152 valence electrons. The van der Waals surface area contributed by atoms with Gasteiger partial charge in [-0.3, -0.25) is 4.79 Å². The Morgan fingerprint density at radius 1 is 1.23 bits per heavy atom. The number of fused-ring (bicyclic) bond motifs is 1. The highest BCUT2D eigenvalue weighted by Gasteiger charge is 2.34. The summed E-state index contributed by atoms with van der Waals surface area (Å²) in [5, 5.41) is 12.6. The number of carboxylic acid groups (broad SMARTS) is 1. The maximum absolute atomic E-state index is 13.4. The smallest absolute Gasteiger partial charge is 0.346 e. The van der Waals surface area contributed by atoms with Gasteiger partial charge in [-0.15, -0.1) is 11.3 Å². The Kier molecular flexibility index (Phi) is 5.37. The Morgan fingerprint density at radius 3 is 2.57 bits per heavy atom. The second-order valence-corrected chi connectivity index (χ2v) is 7.88. The van der Waals surface area contributed by atoms with Crippen molar-refractivity contribution in [2.75, 3.05) is 11.9 Å². The Labute approximate surface area is 176 Å². The molecule has 0 unspecified atom stereocenters. The number of halogens is 1. The van der Waals surface area contributed by atoms with Crippen molar-refractivity contribution >= 4 is 28.9 Å². The minimum Gasteiger partial charge on any atom is -0.490 e. The largest absolute Gasteiger partial charge is 0.490 e. The topological polar surface area (TPSA) is 75.6 Å². The van der Waals surface area contributed by atoms with E-state index in [9.17, 15) is 19.1 Å². The summed E-state index contributed by atoms with van der Waals surface area (Å²) in [6.45, 7) is 4.01. The number of hydrogen-bond acceptors (Lipinski definition) is 4. The van der Waals surface area contributed by atoms with Crippen molar-refractivity contribution in [3.05, 3.63) is 82.3 Å². The standard InChI is InChI=1S/C23H18FNO4S/c1-2-11-29-16-9-5-13(6-10-16)17-12-18(26)25-20-19(14-3-7-15(24)8-4-14)22(23(27)28)30-21(17)20/h2-10,17H,1,11-12H2,(H,25,26)(H,27,28)/t17-/m0/s1. The van der Waals surface area contributed by atoms with E-state index in [0.717, 1.165) is 21.8 Å². The Bertz CT molecular complexity index is 1120. The number of nitrogens with one attached hydrogen (secondary N) is 1. The lowest BCUT2D eigenvalue weighted by Gasteiger charge is -2.24. The summed E-state index contributed by atoms with van der Waals surface area (Å²) in [4.78, 5) is 25.3. The van der Waals surface area contributed by atoms with Gasteiger partial charge < -0.3 is 15.2 Å². The highest BCUT2D eigenvalue weighted by atomic mass is 32.1. The molecular weight excluding hydrogens is 405 g/mol. The number of anilines is 1. The Hall–Kier alpha value is -3.45. The van der Waals surface area contributed by atoms with Gasteiger partial charge in [0.25, 0.3) is 0 Å². The second kappa shape index (κ2) is 8.12. The first-order valence-electron chi connectivity index (χ1n) is 9.27. The zero-order valence-corrected chi connectivity index (χ0v) is 16.7. The summed E-state index contributed by atoms with van der Waals surface area (Å²) in [6.07, 6.45) is 1.87. The molecule has 0 fully saturated rings. The average Bonchev–Trinajstić information content (AvgIpc) is 3.12. The van der Waals surface area contributed by atoms with Crippen LogP contribution < -0.4 is 10.1 Å². The molecule has 1 amide bonds. The van der Waals surface area contributed by atoms with Gasteiger partial charge in [0.2, 0.25) is 5.91 Å². The number of thiophene rings is 1. The zero-order chi connectivity index (χ0) is 21.3. The van der Waals surface area contributed by atoms with E-state index in [0.29, 0.717) is 29.2 Å². The van der Waals surface area contributed by atoms with E-state index in [1.54, 1.807) is 6.08 Å². The van der Waals surface area contributed by atoms with Gasteiger partial charge in [0, 0.05) is 22.8 Å². The lowest BCUT2D eigenvalue weighted by Crippen LogP contribution is -2.22. The van der Waals surface area contributed by atoms with Crippen molar-refractivity contribution in [3.8, 4) is 16.9 Å². The van der Waals surface area contributed by atoms with Crippen LogP contribution >= 0.6 is 11.3 Å². The lowest BCUT2D eigenvalue weighted by atomic mass is 9.88. The molecule has 0 aliphatic carbocycles. The molecule has 7 heteroatoms. The molecule has 4 rings (SSSR count). The van der Waals surface area contributed by atoms with Crippen LogP contribution in [-0.4, -0.2) is 23.6 Å². The second-order valence-electron chi connectivity index (χ2n) is 6.83. The molecular formula is C23H18FNO4S. The molecule has 1 aliphatic heterocycles. The van der Waals surface area contributed by atoms with Crippen LogP contribution in [0.4, 0.5) is 10.1 Å². The van der Waals surface area contributed by atoms with Gasteiger partial charge >= 0.3 is 5.97 Å². The minimum atomic E-state index is -1.09. The van der Waals surface area contributed by atoms with E-state index in [2.05, 4.69) is 11.9 Å². The molecule has 0 saturated heterocycles. The van der Waals surface area contributed by atoms with Crippen LogP contribution in [0.3, 0.4) is 0 Å². The zero-order valence-electron chi connectivity index (χ0n) is 15.9. The van der Waals surface area contributed by atoms with Gasteiger partial charge in [0.15, 0.2) is 0 Å². The molecule has 0 bridgehead atoms. The van der Waals surface area contributed by atoms with E-state index >= 15 is 0 Å². The molecule has 0 saturated carbocycles. The van der Waals surface area contributed by atoms with Gasteiger partial charge in [-0.2, -0.15) is 0 Å². The first-order valence-corrected chi connectivity index (χ1v) is 10.1. The molecule has 2 heterocycles. The molecule has 2 N–H and O–H groups in total. The number of hydrogen-bond donors (Lipinski definition) is 2. The molecule has 0 spiro atoms. The van der Waals surface area contributed by atoms with Gasteiger partial charge in [-0.1, -0.05) is 36.9 Å². The van der Waals surface area contributed by atoms with Crippen molar-refractivity contribution in [2.45, 2.75) is 12.3 Å². The fourth-order valence-electron chi connectivity index (χ4n) is 3.55. The number of carbonyl (C=O) groups is 2. The van der Waals surface area contributed by atoms with Crippen LogP contribution in [0.2, 0.25) is 0 Å². The van der Waals surface area contributed by atoms with E-state index in [1.165, 1.54) is 24.3 Å². The number of rotatable bonds is 6. The summed E-state index contributed by atoms with van der Waals surface area (Å²) in [5.74, 6) is -1.30. The van der Waals surface area contributed by atoms with Gasteiger partial charge in [-0.05, 0) is 35.4 Å². The van der Waals surface area contributed by atoms with E-state index < -0.39 is 11.8 Å². The summed E-state index contributed by atoms with van der Waals surface area (Å²) in [5.41, 5.74) is 2.32. The normalized spacial score (nSPS) is 15.2. The predicted octanol–water partition coefficient (Wildman–Crippen LogP) is 5.29. The number of aromatic carboxylic acids is 1. The maximum atomic E-state index is 13.4. The van der Waals surface area contributed by atoms with Gasteiger partial charge in [0.05, 0.1) is 5.69 Å². The first-order chi connectivity index (χ1) is 14.5. The van der Waals surface area contributed by atoms with E-state index in [1.807, 2.05) is 24.3 Å². The number of benzene rings is 2. The number of carboxylic acids is 1. The van der Waals surface area contributed by atoms with Crippen molar-refractivity contribution < 1.29 is 23.8 Å². The highest BCUT2D eigenvalue weighted by molar-refractivity contribution is 7.15. The third-order valence-corrected chi connectivity index (χ3v) is 6.17. The summed E-state index contributed by atoms with van der Waals surface area (Å²) in [7, 11) is 0. The minimum absolute atomic E-state index is 0.116. The fourth-order valence-corrected chi connectivity index (χ4v) is 4.80. The molecule has 0 radical (unpaired) electrons. The van der Waals surface area contributed by atoms with Crippen molar-refractivity contribution in [1.82, 2.24) is 0 Å². The summed E-state index contributed by atoms with van der Waals surface area (Å²) >= 11 is 1.14. The third kappa shape index (κ3) is 3.71. The highest BCUT2D eigenvalue weighted by Crippen LogP contribution is 2.49. The SMILES string of the molecule is C=CCOc1ccc([C@@H]2CC(=O)Nc3c2sc(C(=O)O)c3-c2ccc(F)cc2)cc1. The quantitative estimate of drug-likeness (QED) is 0.528. The number of ether oxygens (including phenoxy) is 1. The monoisotopic (exact) mass is 423 g/mol. The molecule has 3 aromatic rings. The van der Waals surface area contributed by atoms with E-state index in [-0.39, 0.29) is 23.1 Å². The van der Waals surface area contributed by atoms with E-state index in [4.69, 9.17) is 4.74 Å². The average molecular weight is 423 g/mol. The number of carbonyl (C=O) groups excluding carboxylic acids is 1. The van der Waals surface area contributed by atoms with Crippen LogP contribution in [0, 0.1) is 5.82 Å². The van der Waals surface area contributed by atoms with Crippen LogP contribution in [0.1, 0.15) is 32.5 Å². The summed E-state index contributed by atoms with van der Waals surface area (Å²) in [6, 6.07) is 13.0. The molecule has 1 aliphatic rings. The predicted molar refractivity (Wildman–Crippen MR) is 114 cm³/mol. The molecule has 5 nitrogen and oxygen atoms in total. The first kappa shape index (κ1) is 19.8. The fraction of sp³-hybridized carbons (Fsp3) is 0.130. The van der Waals surface area contributed by atoms with Crippen molar-refractivity contribution in [2.24, 2.45) is 0 Å². The lowest BCUT2D eigenvalue weighted by molar-refractivity contribution is -0.116. The van der Waals surface area contributed by atoms with Crippen LogP contribution in [0.15, 0.2) is 61.2 Å².